The zero-order chi connectivity index (χ0) is 20.1. The molecule has 0 spiro atoms. The molecule has 0 aliphatic rings. The van der Waals surface area contributed by atoms with Crippen molar-refractivity contribution in [3.8, 4) is 5.75 Å². The lowest BCUT2D eigenvalue weighted by molar-refractivity contribution is 0.0958. The molecule has 0 saturated carbocycles. The molecule has 0 saturated heterocycles. The molecule has 9 heteroatoms. The highest BCUT2D eigenvalue weighted by Crippen LogP contribution is 2.22. The number of hydrazone groups is 1. The monoisotopic (exact) mass is 418 g/mol. The molecule has 0 aliphatic heterocycles. The molecule has 1 amide bonds. The largest absolute Gasteiger partial charge is 0.489 e. The van der Waals surface area contributed by atoms with Gasteiger partial charge in [0.25, 0.3) is 5.91 Å². The topological polar surface area (TPSA) is 89.6 Å². The number of nitrogens with two attached hydrogens (primary N) is 1. The smallest absolute Gasteiger partial charge is 0.283 e. The van der Waals surface area contributed by atoms with Gasteiger partial charge in [-0.15, -0.1) is 0 Å². The van der Waals surface area contributed by atoms with E-state index in [9.17, 15) is 9.18 Å². The van der Waals surface area contributed by atoms with E-state index in [0.29, 0.717) is 32.0 Å². The van der Waals surface area contributed by atoms with Crippen LogP contribution < -0.4 is 15.9 Å². The quantitative estimate of drug-likeness (QED) is 0.464. The summed E-state index contributed by atoms with van der Waals surface area (Å²) in [6.45, 7) is 1.73. The molecule has 0 unspecified atom stereocenters. The molecule has 0 radical (unpaired) electrons. The minimum Gasteiger partial charge on any atom is -0.489 e. The van der Waals surface area contributed by atoms with Gasteiger partial charge in [-0.2, -0.15) is 5.10 Å². The number of nitrogens with one attached hydrogen (secondary N) is 1. The van der Waals surface area contributed by atoms with E-state index in [-0.39, 0.29) is 12.5 Å². The van der Waals surface area contributed by atoms with Crippen molar-refractivity contribution in [2.24, 2.45) is 5.10 Å². The molecule has 0 bridgehead atoms. The van der Waals surface area contributed by atoms with Crippen molar-refractivity contribution in [1.82, 2.24) is 10.4 Å². The van der Waals surface area contributed by atoms with E-state index in [1.165, 1.54) is 12.3 Å². The SMILES string of the molecule is Cc1nc(N)sc1C(=O)NN=Cc1ccc(OCc2c(F)cccc2Cl)cc1. The fourth-order valence-corrected chi connectivity index (χ4v) is 3.26. The molecule has 28 heavy (non-hydrogen) atoms. The molecular weight excluding hydrogens is 403 g/mol. The van der Waals surface area contributed by atoms with Crippen LogP contribution in [0.15, 0.2) is 47.6 Å². The maximum absolute atomic E-state index is 13.7. The third kappa shape index (κ3) is 4.85. The summed E-state index contributed by atoms with van der Waals surface area (Å²) < 4.78 is 19.3. The lowest BCUT2D eigenvalue weighted by atomic mass is 10.2. The van der Waals surface area contributed by atoms with E-state index >= 15 is 0 Å². The third-order valence-electron chi connectivity index (χ3n) is 3.72. The first-order valence-corrected chi connectivity index (χ1v) is 9.35. The summed E-state index contributed by atoms with van der Waals surface area (Å²) in [7, 11) is 0. The lowest BCUT2D eigenvalue weighted by Crippen LogP contribution is -2.17. The third-order valence-corrected chi connectivity index (χ3v) is 5.06. The van der Waals surface area contributed by atoms with Gasteiger partial charge in [0.1, 0.15) is 23.1 Å². The highest BCUT2D eigenvalue weighted by molar-refractivity contribution is 7.17. The van der Waals surface area contributed by atoms with Gasteiger partial charge in [0.15, 0.2) is 5.13 Å². The van der Waals surface area contributed by atoms with E-state index < -0.39 is 5.82 Å². The maximum atomic E-state index is 13.7. The lowest BCUT2D eigenvalue weighted by Gasteiger charge is -2.08. The van der Waals surface area contributed by atoms with Crippen molar-refractivity contribution in [1.29, 1.82) is 0 Å². The minimum atomic E-state index is -0.412. The molecule has 6 nitrogen and oxygen atoms in total. The second-order valence-electron chi connectivity index (χ2n) is 5.72. The Hall–Kier alpha value is -2.97. The Morgan fingerprint density at radius 1 is 1.36 bits per heavy atom. The van der Waals surface area contributed by atoms with Gasteiger partial charge in [0.2, 0.25) is 0 Å². The van der Waals surface area contributed by atoms with Gasteiger partial charge in [-0.1, -0.05) is 29.0 Å². The Morgan fingerprint density at radius 3 is 2.75 bits per heavy atom. The van der Waals surface area contributed by atoms with Crippen molar-refractivity contribution in [3.63, 3.8) is 0 Å². The summed E-state index contributed by atoms with van der Waals surface area (Å²) >= 11 is 7.08. The van der Waals surface area contributed by atoms with Crippen LogP contribution in [0.1, 0.15) is 26.5 Å². The Balaban J connectivity index is 1.56. The second-order valence-corrected chi connectivity index (χ2v) is 7.16. The maximum Gasteiger partial charge on any atom is 0.283 e. The molecule has 3 rings (SSSR count). The first-order chi connectivity index (χ1) is 13.4. The molecule has 0 fully saturated rings. The van der Waals surface area contributed by atoms with Crippen molar-refractivity contribution < 1.29 is 13.9 Å². The second kappa shape index (κ2) is 8.81. The summed E-state index contributed by atoms with van der Waals surface area (Å²) in [5.74, 6) is -0.231. The summed E-state index contributed by atoms with van der Waals surface area (Å²) in [6, 6.07) is 11.4. The average Bonchev–Trinajstić information content (AvgIpc) is 3.01. The van der Waals surface area contributed by atoms with E-state index in [1.807, 2.05) is 0 Å². The normalized spacial score (nSPS) is 11.0. The number of hydrogen-bond donors (Lipinski definition) is 2. The minimum absolute atomic E-state index is 0.0202. The number of hydrogen-bond acceptors (Lipinski definition) is 6. The first kappa shape index (κ1) is 19.8. The van der Waals surface area contributed by atoms with Crippen LogP contribution >= 0.6 is 22.9 Å². The van der Waals surface area contributed by atoms with Gasteiger partial charge in [0.05, 0.1) is 16.9 Å². The number of carbonyl (C=O) groups is 1. The fourth-order valence-electron chi connectivity index (χ4n) is 2.32. The van der Waals surface area contributed by atoms with Crippen LogP contribution in [0.4, 0.5) is 9.52 Å². The fraction of sp³-hybridized carbons (Fsp3) is 0.105. The van der Waals surface area contributed by atoms with Gasteiger partial charge in [-0.05, 0) is 48.9 Å². The van der Waals surface area contributed by atoms with Crippen LogP contribution in [0.2, 0.25) is 5.02 Å². The highest BCUT2D eigenvalue weighted by atomic mass is 35.5. The Labute approximate surface area is 169 Å². The number of aromatic nitrogens is 1. The zero-order valence-electron chi connectivity index (χ0n) is 14.8. The van der Waals surface area contributed by atoms with Crippen molar-refractivity contribution in [2.75, 3.05) is 5.73 Å². The number of halogens is 2. The molecule has 3 aromatic rings. The number of nitrogens with zero attached hydrogens (tertiary/aromatic N) is 2. The Bertz CT molecular complexity index is 1000. The number of anilines is 1. The number of amides is 1. The van der Waals surface area contributed by atoms with Gasteiger partial charge in [0, 0.05) is 5.56 Å². The van der Waals surface area contributed by atoms with Gasteiger partial charge in [-0.3, -0.25) is 4.79 Å². The number of benzene rings is 2. The van der Waals surface area contributed by atoms with E-state index in [2.05, 4.69) is 15.5 Å². The number of rotatable bonds is 6. The molecule has 1 aromatic heterocycles. The van der Waals surface area contributed by atoms with Crippen LogP contribution in [0.3, 0.4) is 0 Å². The van der Waals surface area contributed by atoms with Gasteiger partial charge in [-0.25, -0.2) is 14.8 Å². The van der Waals surface area contributed by atoms with E-state index in [4.69, 9.17) is 22.1 Å². The van der Waals surface area contributed by atoms with E-state index in [0.717, 1.165) is 16.9 Å². The summed E-state index contributed by atoms with van der Waals surface area (Å²) in [4.78, 5) is 16.4. The highest BCUT2D eigenvalue weighted by Gasteiger charge is 2.13. The van der Waals surface area contributed by atoms with Gasteiger partial charge < -0.3 is 10.5 Å². The average molecular weight is 419 g/mol. The number of aryl methyl sites for hydroxylation is 1. The molecule has 0 aliphatic carbocycles. The van der Waals surface area contributed by atoms with Gasteiger partial charge >= 0.3 is 0 Å². The van der Waals surface area contributed by atoms with Crippen molar-refractivity contribution in [3.05, 3.63) is 75.0 Å². The van der Waals surface area contributed by atoms with Crippen LogP contribution in [-0.2, 0) is 6.61 Å². The number of ether oxygens (including phenoxy) is 1. The Morgan fingerprint density at radius 2 is 2.11 bits per heavy atom. The molecular formula is C19H16ClFN4O2S. The van der Waals surface area contributed by atoms with Crippen molar-refractivity contribution >= 4 is 40.2 Å². The van der Waals surface area contributed by atoms with Crippen LogP contribution in [0.25, 0.3) is 0 Å². The van der Waals surface area contributed by atoms with E-state index in [1.54, 1.807) is 43.3 Å². The molecule has 0 atom stereocenters. The van der Waals surface area contributed by atoms with Crippen LogP contribution in [-0.4, -0.2) is 17.1 Å². The summed E-state index contributed by atoms with van der Waals surface area (Å²) in [6.07, 6.45) is 1.50. The van der Waals surface area contributed by atoms with Crippen molar-refractivity contribution in [2.45, 2.75) is 13.5 Å². The predicted molar refractivity (Wildman–Crippen MR) is 109 cm³/mol. The first-order valence-electron chi connectivity index (χ1n) is 8.16. The summed E-state index contributed by atoms with van der Waals surface area (Å²) in [5, 5.41) is 4.57. The zero-order valence-corrected chi connectivity index (χ0v) is 16.4. The predicted octanol–water partition coefficient (Wildman–Crippen LogP) is 4.17. The number of thiazole rings is 1. The Kier molecular flexibility index (Phi) is 6.23. The molecule has 1 heterocycles. The van der Waals surface area contributed by atoms with Crippen LogP contribution in [0.5, 0.6) is 5.75 Å². The number of carbonyl (C=O) groups excluding carboxylic acids is 1. The molecule has 2 aromatic carbocycles. The standard InChI is InChI=1S/C19H16ClFN4O2S/c1-11-17(28-19(22)24-11)18(26)25-23-9-12-5-7-13(8-6-12)27-10-14-15(20)3-2-4-16(14)21/h2-9H,10H2,1H3,(H2,22,24)(H,25,26). The molecule has 144 valence electrons. The molecule has 3 N–H and O–H groups in total. The van der Waals surface area contributed by atoms with Crippen LogP contribution in [0, 0.1) is 12.7 Å². The number of nitrogen functional groups attached to an aromatic ring is 1. The summed E-state index contributed by atoms with van der Waals surface area (Å²) in [5.41, 5.74) is 9.62.